The standard InChI is InChI=1S/C22H23FN6.HI/c1-24-22(25-11-9-17-15-26-21-13-18(23)5-8-20(17)21)27-14-16-3-6-19(7-4-16)29-12-2-10-28-29;/h2-8,10,12-13,15,26H,9,11,14H2,1H3,(H2,24,25,27);1H. The van der Waals surface area contributed by atoms with Crippen molar-refractivity contribution in [1.29, 1.82) is 0 Å². The molecule has 30 heavy (non-hydrogen) atoms. The third kappa shape index (κ3) is 5.18. The number of guanidine groups is 1. The van der Waals surface area contributed by atoms with Gasteiger partial charge in [-0.05, 0) is 53.9 Å². The molecule has 0 aliphatic heterocycles. The Morgan fingerprint density at radius 2 is 2.00 bits per heavy atom. The van der Waals surface area contributed by atoms with E-state index in [9.17, 15) is 4.39 Å². The molecule has 0 saturated carbocycles. The van der Waals surface area contributed by atoms with E-state index in [1.165, 1.54) is 12.1 Å². The van der Waals surface area contributed by atoms with Crippen LogP contribution in [0.1, 0.15) is 11.1 Å². The molecule has 156 valence electrons. The summed E-state index contributed by atoms with van der Waals surface area (Å²) >= 11 is 0. The van der Waals surface area contributed by atoms with Crippen LogP contribution in [-0.4, -0.2) is 34.3 Å². The Labute approximate surface area is 191 Å². The van der Waals surface area contributed by atoms with E-state index in [2.05, 4.69) is 37.8 Å². The van der Waals surface area contributed by atoms with Crippen LogP contribution in [0.25, 0.3) is 16.6 Å². The maximum Gasteiger partial charge on any atom is 0.191 e. The van der Waals surface area contributed by atoms with Crippen LogP contribution in [0.15, 0.2) is 72.1 Å². The topological polar surface area (TPSA) is 70.0 Å². The fourth-order valence-corrected chi connectivity index (χ4v) is 3.28. The van der Waals surface area contributed by atoms with E-state index in [4.69, 9.17) is 0 Å². The molecule has 0 bridgehead atoms. The molecule has 0 fully saturated rings. The molecule has 3 N–H and O–H groups in total. The predicted octanol–water partition coefficient (Wildman–Crippen LogP) is 4.02. The van der Waals surface area contributed by atoms with Crippen LogP contribution in [-0.2, 0) is 13.0 Å². The minimum Gasteiger partial charge on any atom is -0.361 e. The molecule has 4 rings (SSSR count). The average Bonchev–Trinajstić information content (AvgIpc) is 3.41. The Hall–Kier alpha value is -2.88. The average molecular weight is 518 g/mol. The molecule has 8 heteroatoms. The first-order valence-corrected chi connectivity index (χ1v) is 9.52. The second-order valence-electron chi connectivity index (χ2n) is 6.72. The van der Waals surface area contributed by atoms with Crippen molar-refractivity contribution in [2.45, 2.75) is 13.0 Å². The summed E-state index contributed by atoms with van der Waals surface area (Å²) in [6.07, 6.45) is 6.43. The van der Waals surface area contributed by atoms with Crippen LogP contribution < -0.4 is 10.6 Å². The van der Waals surface area contributed by atoms with Crippen molar-refractivity contribution < 1.29 is 4.39 Å². The van der Waals surface area contributed by atoms with Crippen LogP contribution in [0.3, 0.4) is 0 Å². The van der Waals surface area contributed by atoms with Gasteiger partial charge in [0.15, 0.2) is 5.96 Å². The van der Waals surface area contributed by atoms with Gasteiger partial charge < -0.3 is 15.6 Å². The van der Waals surface area contributed by atoms with Gasteiger partial charge in [0.05, 0.1) is 5.69 Å². The van der Waals surface area contributed by atoms with Crippen LogP contribution in [0, 0.1) is 5.82 Å². The van der Waals surface area contributed by atoms with Gasteiger partial charge in [-0.1, -0.05) is 12.1 Å². The SMILES string of the molecule is CN=C(NCCc1c[nH]c2cc(F)ccc12)NCc1ccc(-n2cccn2)cc1.I. The molecule has 2 aromatic heterocycles. The third-order valence-corrected chi connectivity index (χ3v) is 4.81. The lowest BCUT2D eigenvalue weighted by atomic mass is 10.1. The number of fused-ring (bicyclic) bond motifs is 1. The second kappa shape index (κ2) is 10.2. The fraction of sp³-hybridized carbons (Fsp3) is 0.182. The molecule has 2 aromatic carbocycles. The van der Waals surface area contributed by atoms with Gasteiger partial charge in [0.2, 0.25) is 0 Å². The quantitative estimate of drug-likeness (QED) is 0.205. The summed E-state index contributed by atoms with van der Waals surface area (Å²) < 4.78 is 15.1. The summed E-state index contributed by atoms with van der Waals surface area (Å²) in [5.74, 6) is 0.512. The Morgan fingerprint density at radius 1 is 1.17 bits per heavy atom. The Morgan fingerprint density at radius 3 is 2.73 bits per heavy atom. The molecule has 0 radical (unpaired) electrons. The molecule has 0 spiro atoms. The number of aliphatic imine (C=N–C) groups is 1. The van der Waals surface area contributed by atoms with Gasteiger partial charge in [-0.3, -0.25) is 4.99 Å². The van der Waals surface area contributed by atoms with Crippen molar-refractivity contribution in [2.75, 3.05) is 13.6 Å². The number of benzene rings is 2. The van der Waals surface area contributed by atoms with Gasteiger partial charge in [0.1, 0.15) is 5.82 Å². The second-order valence-corrected chi connectivity index (χ2v) is 6.72. The highest BCUT2D eigenvalue weighted by Crippen LogP contribution is 2.19. The molecule has 6 nitrogen and oxygen atoms in total. The largest absolute Gasteiger partial charge is 0.361 e. The number of H-pyrrole nitrogens is 1. The van der Waals surface area contributed by atoms with E-state index in [1.54, 1.807) is 13.2 Å². The highest BCUT2D eigenvalue weighted by molar-refractivity contribution is 14.0. The lowest BCUT2D eigenvalue weighted by Crippen LogP contribution is -2.37. The van der Waals surface area contributed by atoms with Gasteiger partial charge in [-0.2, -0.15) is 5.10 Å². The van der Waals surface area contributed by atoms with Gasteiger partial charge in [-0.15, -0.1) is 24.0 Å². The Kier molecular flexibility index (Phi) is 7.45. The summed E-state index contributed by atoms with van der Waals surface area (Å²) in [5, 5.41) is 11.9. The smallest absolute Gasteiger partial charge is 0.191 e. The molecule has 0 amide bonds. The summed E-state index contributed by atoms with van der Waals surface area (Å²) in [6.45, 7) is 1.40. The molecule has 0 aliphatic rings. The lowest BCUT2D eigenvalue weighted by Gasteiger charge is -2.12. The van der Waals surface area contributed by atoms with E-state index >= 15 is 0 Å². The van der Waals surface area contributed by atoms with Crippen molar-refractivity contribution in [3.05, 3.63) is 84.1 Å². The number of nitrogens with zero attached hydrogens (tertiary/aromatic N) is 3. The highest BCUT2D eigenvalue weighted by atomic mass is 127. The first-order chi connectivity index (χ1) is 14.2. The minimum absolute atomic E-state index is 0. The molecular weight excluding hydrogens is 494 g/mol. The van der Waals surface area contributed by atoms with E-state index in [0.29, 0.717) is 6.54 Å². The molecule has 4 aromatic rings. The lowest BCUT2D eigenvalue weighted by molar-refractivity contribution is 0.629. The zero-order valence-corrected chi connectivity index (χ0v) is 18.9. The van der Waals surface area contributed by atoms with Crippen molar-refractivity contribution in [2.24, 2.45) is 4.99 Å². The maximum absolute atomic E-state index is 13.3. The summed E-state index contributed by atoms with van der Waals surface area (Å²) in [7, 11) is 1.75. The van der Waals surface area contributed by atoms with Crippen LogP contribution in [0.4, 0.5) is 4.39 Å². The number of hydrogen-bond acceptors (Lipinski definition) is 2. The Balaban J connectivity index is 0.00000256. The minimum atomic E-state index is -0.230. The zero-order valence-electron chi connectivity index (χ0n) is 16.6. The van der Waals surface area contributed by atoms with Crippen LogP contribution >= 0.6 is 24.0 Å². The van der Waals surface area contributed by atoms with E-state index in [1.807, 2.05) is 41.3 Å². The van der Waals surface area contributed by atoms with Crippen molar-refractivity contribution in [3.8, 4) is 5.69 Å². The first kappa shape index (κ1) is 21.8. The van der Waals surface area contributed by atoms with Crippen molar-refractivity contribution in [3.63, 3.8) is 0 Å². The van der Waals surface area contributed by atoms with Gasteiger partial charge in [0, 0.05) is 49.6 Å². The van der Waals surface area contributed by atoms with Gasteiger partial charge in [0.25, 0.3) is 0 Å². The zero-order chi connectivity index (χ0) is 20.1. The molecule has 2 heterocycles. The molecular formula is C22H24FIN6. The van der Waals surface area contributed by atoms with Crippen molar-refractivity contribution in [1.82, 2.24) is 25.4 Å². The number of aromatic nitrogens is 3. The van der Waals surface area contributed by atoms with E-state index < -0.39 is 0 Å². The number of hydrogen-bond donors (Lipinski definition) is 3. The van der Waals surface area contributed by atoms with Crippen LogP contribution in [0.2, 0.25) is 0 Å². The first-order valence-electron chi connectivity index (χ1n) is 9.52. The van der Waals surface area contributed by atoms with E-state index in [0.717, 1.165) is 46.6 Å². The van der Waals surface area contributed by atoms with Gasteiger partial charge in [-0.25, -0.2) is 9.07 Å². The predicted molar refractivity (Wildman–Crippen MR) is 129 cm³/mol. The number of aromatic amines is 1. The summed E-state index contributed by atoms with van der Waals surface area (Å²) in [5.41, 5.74) is 4.15. The van der Waals surface area contributed by atoms with E-state index in [-0.39, 0.29) is 29.8 Å². The van der Waals surface area contributed by atoms with Crippen molar-refractivity contribution >= 4 is 40.8 Å². The normalized spacial score (nSPS) is 11.3. The molecule has 0 saturated heterocycles. The Bertz CT molecular complexity index is 1100. The van der Waals surface area contributed by atoms with Crippen LogP contribution in [0.5, 0.6) is 0 Å². The number of halogens is 2. The molecule has 0 unspecified atom stereocenters. The molecule has 0 atom stereocenters. The fourth-order valence-electron chi connectivity index (χ4n) is 3.28. The van der Waals surface area contributed by atoms with Gasteiger partial charge >= 0.3 is 0 Å². The monoisotopic (exact) mass is 518 g/mol. The summed E-state index contributed by atoms with van der Waals surface area (Å²) in [6, 6.07) is 15.0. The molecule has 0 aliphatic carbocycles. The number of rotatable bonds is 6. The third-order valence-electron chi connectivity index (χ3n) is 4.81. The highest BCUT2D eigenvalue weighted by Gasteiger charge is 2.05. The maximum atomic E-state index is 13.3. The number of nitrogens with one attached hydrogen (secondary N) is 3. The summed E-state index contributed by atoms with van der Waals surface area (Å²) in [4.78, 5) is 7.40.